The van der Waals surface area contributed by atoms with Crippen LogP contribution in [0.2, 0.25) is 0 Å². The Morgan fingerprint density at radius 2 is 1.90 bits per heavy atom. The lowest BCUT2D eigenvalue weighted by molar-refractivity contribution is -0.139. The first-order valence-electron chi connectivity index (χ1n) is 5.33. The Hall–Kier alpha value is -2.45. The number of carbonyl (C=O) groups is 2. The van der Waals surface area contributed by atoms with Crippen LogP contribution in [0, 0.1) is 0 Å². The Bertz CT molecular complexity index is 491. The average molecular weight is 292 g/mol. The number of ether oxygens (including phenoxy) is 1. The molecule has 0 aromatic heterocycles. The summed E-state index contributed by atoms with van der Waals surface area (Å²) in [4.78, 5) is 21.6. The summed E-state index contributed by atoms with van der Waals surface area (Å²) in [7, 11) is 0. The third kappa shape index (κ3) is 5.94. The van der Waals surface area contributed by atoms with E-state index in [1.165, 1.54) is 24.3 Å². The zero-order valence-electron chi connectivity index (χ0n) is 10.0. The second-order valence-corrected chi connectivity index (χ2v) is 3.60. The standard InChI is InChI=1S/C11H11F3N2O4/c12-11(13,14)6-15-10(19)16-7-3-1-2-4-8(7)20-5-9(17)18/h1-4H,5-6H2,(H,17,18)(H2,15,16,19). The van der Waals surface area contributed by atoms with E-state index >= 15 is 0 Å². The number of carboxylic acid groups (broad SMARTS) is 1. The number of alkyl halides is 3. The van der Waals surface area contributed by atoms with Crippen LogP contribution >= 0.6 is 0 Å². The summed E-state index contributed by atoms with van der Waals surface area (Å²) in [5.41, 5.74) is 0.0634. The number of benzene rings is 1. The van der Waals surface area contributed by atoms with Crippen LogP contribution in [0.3, 0.4) is 0 Å². The number of carboxylic acids is 1. The van der Waals surface area contributed by atoms with Gasteiger partial charge in [-0.05, 0) is 12.1 Å². The van der Waals surface area contributed by atoms with E-state index in [4.69, 9.17) is 9.84 Å². The highest BCUT2D eigenvalue weighted by Crippen LogP contribution is 2.23. The van der Waals surface area contributed by atoms with Gasteiger partial charge in [0.15, 0.2) is 6.61 Å². The van der Waals surface area contributed by atoms with Gasteiger partial charge in [-0.1, -0.05) is 12.1 Å². The molecule has 0 spiro atoms. The molecule has 1 rings (SSSR count). The molecule has 1 aromatic rings. The van der Waals surface area contributed by atoms with E-state index in [0.29, 0.717) is 0 Å². The monoisotopic (exact) mass is 292 g/mol. The van der Waals surface area contributed by atoms with Crippen molar-refractivity contribution in [1.82, 2.24) is 5.32 Å². The number of hydrogen-bond donors (Lipinski definition) is 3. The van der Waals surface area contributed by atoms with Crippen LogP contribution in [0.1, 0.15) is 0 Å². The second kappa shape index (κ2) is 6.64. The van der Waals surface area contributed by atoms with Crippen molar-refractivity contribution in [2.24, 2.45) is 0 Å². The molecule has 0 aliphatic rings. The molecule has 1 aromatic carbocycles. The summed E-state index contributed by atoms with van der Waals surface area (Å²) < 4.78 is 40.6. The highest BCUT2D eigenvalue weighted by molar-refractivity contribution is 5.91. The lowest BCUT2D eigenvalue weighted by atomic mass is 10.3. The van der Waals surface area contributed by atoms with Crippen LogP contribution in [-0.4, -0.2) is 36.4 Å². The predicted octanol–water partition coefficient (Wildman–Crippen LogP) is 1.83. The first-order chi connectivity index (χ1) is 9.28. The van der Waals surface area contributed by atoms with Crippen molar-refractivity contribution >= 4 is 17.7 Å². The number of hydrogen-bond acceptors (Lipinski definition) is 3. The van der Waals surface area contributed by atoms with Gasteiger partial charge in [-0.25, -0.2) is 9.59 Å². The normalized spacial score (nSPS) is 10.8. The third-order valence-electron chi connectivity index (χ3n) is 1.94. The molecule has 0 aliphatic carbocycles. The van der Waals surface area contributed by atoms with Gasteiger partial charge in [-0.2, -0.15) is 13.2 Å². The molecule has 0 unspecified atom stereocenters. The van der Waals surface area contributed by atoms with Crippen molar-refractivity contribution in [2.75, 3.05) is 18.5 Å². The van der Waals surface area contributed by atoms with Crippen molar-refractivity contribution in [2.45, 2.75) is 6.18 Å². The van der Waals surface area contributed by atoms with Crippen LogP contribution in [-0.2, 0) is 4.79 Å². The molecule has 0 heterocycles. The highest BCUT2D eigenvalue weighted by Gasteiger charge is 2.27. The van der Waals surface area contributed by atoms with E-state index < -0.39 is 31.3 Å². The quantitative estimate of drug-likeness (QED) is 0.772. The predicted molar refractivity (Wildman–Crippen MR) is 62.6 cm³/mol. The first-order valence-corrected chi connectivity index (χ1v) is 5.33. The molecular formula is C11H11F3N2O4. The van der Waals surface area contributed by atoms with Gasteiger partial charge in [0.05, 0.1) is 5.69 Å². The Morgan fingerprint density at radius 3 is 2.50 bits per heavy atom. The lowest BCUT2D eigenvalue weighted by Crippen LogP contribution is -2.36. The maximum absolute atomic E-state index is 11.9. The largest absolute Gasteiger partial charge is 0.480 e. The molecule has 2 amide bonds. The number of anilines is 1. The Kier molecular flexibility index (Phi) is 5.18. The highest BCUT2D eigenvalue weighted by atomic mass is 19.4. The second-order valence-electron chi connectivity index (χ2n) is 3.60. The molecular weight excluding hydrogens is 281 g/mol. The molecule has 110 valence electrons. The molecule has 0 fully saturated rings. The molecule has 0 radical (unpaired) electrons. The maximum Gasteiger partial charge on any atom is 0.405 e. The Labute approximate surface area is 111 Å². The van der Waals surface area contributed by atoms with Gasteiger partial charge in [0.1, 0.15) is 12.3 Å². The summed E-state index contributed by atoms with van der Waals surface area (Å²) >= 11 is 0. The van der Waals surface area contributed by atoms with Crippen LogP contribution < -0.4 is 15.4 Å². The van der Waals surface area contributed by atoms with Crippen molar-refractivity contribution in [3.8, 4) is 5.75 Å². The fourth-order valence-electron chi connectivity index (χ4n) is 1.18. The van der Waals surface area contributed by atoms with Crippen molar-refractivity contribution in [1.29, 1.82) is 0 Å². The molecule has 0 aliphatic heterocycles. The number of para-hydroxylation sites is 2. The minimum Gasteiger partial charge on any atom is -0.480 e. The van der Waals surface area contributed by atoms with Gasteiger partial charge in [0, 0.05) is 0 Å². The Balaban J connectivity index is 2.62. The van der Waals surface area contributed by atoms with E-state index in [1.807, 2.05) is 0 Å². The molecule has 3 N–H and O–H groups in total. The van der Waals surface area contributed by atoms with Crippen molar-refractivity contribution in [3.63, 3.8) is 0 Å². The number of carbonyl (C=O) groups excluding carboxylic acids is 1. The van der Waals surface area contributed by atoms with Crippen LogP contribution in [0.5, 0.6) is 5.75 Å². The van der Waals surface area contributed by atoms with E-state index in [1.54, 1.807) is 5.32 Å². The number of rotatable bonds is 5. The summed E-state index contributed by atoms with van der Waals surface area (Å²) in [6.07, 6.45) is -4.52. The van der Waals surface area contributed by atoms with E-state index in [-0.39, 0.29) is 11.4 Å². The van der Waals surface area contributed by atoms with Crippen LogP contribution in [0.15, 0.2) is 24.3 Å². The Morgan fingerprint density at radius 1 is 1.25 bits per heavy atom. The zero-order chi connectivity index (χ0) is 15.2. The molecule has 0 atom stereocenters. The zero-order valence-corrected chi connectivity index (χ0v) is 10.0. The van der Waals surface area contributed by atoms with Gasteiger partial charge in [0.2, 0.25) is 0 Å². The molecule has 9 heteroatoms. The smallest absolute Gasteiger partial charge is 0.405 e. The fourth-order valence-corrected chi connectivity index (χ4v) is 1.18. The minimum atomic E-state index is -4.52. The van der Waals surface area contributed by atoms with E-state index in [2.05, 4.69) is 5.32 Å². The van der Waals surface area contributed by atoms with Gasteiger partial charge in [-0.15, -0.1) is 0 Å². The summed E-state index contributed by atoms with van der Waals surface area (Å²) in [5.74, 6) is -1.18. The first kappa shape index (κ1) is 15.6. The summed E-state index contributed by atoms with van der Waals surface area (Å²) in [6.45, 7) is -2.11. The number of halogens is 3. The minimum absolute atomic E-state index is 0.0389. The van der Waals surface area contributed by atoms with Crippen molar-refractivity contribution in [3.05, 3.63) is 24.3 Å². The fraction of sp³-hybridized carbons (Fsp3) is 0.273. The maximum atomic E-state index is 11.9. The number of aliphatic carboxylic acids is 1. The van der Waals surface area contributed by atoms with Gasteiger partial charge in [0.25, 0.3) is 0 Å². The van der Waals surface area contributed by atoms with Crippen LogP contribution in [0.25, 0.3) is 0 Å². The molecule has 0 saturated carbocycles. The number of urea groups is 1. The number of amides is 2. The molecule has 0 saturated heterocycles. The third-order valence-corrected chi connectivity index (χ3v) is 1.94. The topological polar surface area (TPSA) is 87.7 Å². The summed E-state index contributed by atoms with van der Waals surface area (Å²) in [5, 5.41) is 12.2. The average Bonchev–Trinajstić information content (AvgIpc) is 2.34. The van der Waals surface area contributed by atoms with Gasteiger partial charge < -0.3 is 20.5 Å². The van der Waals surface area contributed by atoms with Crippen molar-refractivity contribution < 1.29 is 32.6 Å². The molecule has 20 heavy (non-hydrogen) atoms. The molecule has 6 nitrogen and oxygen atoms in total. The number of nitrogens with one attached hydrogen (secondary N) is 2. The van der Waals surface area contributed by atoms with E-state index in [0.717, 1.165) is 0 Å². The van der Waals surface area contributed by atoms with E-state index in [9.17, 15) is 22.8 Å². The molecule has 0 bridgehead atoms. The SMILES string of the molecule is O=C(O)COc1ccccc1NC(=O)NCC(F)(F)F. The van der Waals surface area contributed by atoms with Gasteiger partial charge in [-0.3, -0.25) is 0 Å². The summed E-state index contributed by atoms with van der Waals surface area (Å²) in [6, 6.07) is 4.70. The lowest BCUT2D eigenvalue weighted by Gasteiger charge is -2.12. The van der Waals surface area contributed by atoms with Gasteiger partial charge >= 0.3 is 18.2 Å². The van der Waals surface area contributed by atoms with Crippen LogP contribution in [0.4, 0.5) is 23.7 Å².